The second-order valence-corrected chi connectivity index (χ2v) is 6.98. The second-order valence-electron chi connectivity index (χ2n) is 5.09. The molecular weight excluding hydrogens is 379 g/mol. The minimum absolute atomic E-state index is 0. The molecule has 126 valence electrons. The quantitative estimate of drug-likeness (QED) is 0.542. The summed E-state index contributed by atoms with van der Waals surface area (Å²) in [5, 5.41) is 1.98. The number of urea groups is 1. The average Bonchev–Trinajstić information content (AvgIpc) is 2.54. The number of hydrogen-bond donors (Lipinski definition) is 1. The Morgan fingerprint density at radius 1 is 1.20 bits per heavy atom. The van der Waals surface area contributed by atoms with Gasteiger partial charge in [-0.2, -0.15) is 0 Å². The Hall–Kier alpha value is -1.29. The molecule has 1 heterocycles. The Balaban J connectivity index is 0.00000225. The van der Waals surface area contributed by atoms with E-state index in [1.165, 1.54) is 0 Å². The number of rotatable bonds is 4. The summed E-state index contributed by atoms with van der Waals surface area (Å²) in [5.41, 5.74) is 0. The summed E-state index contributed by atoms with van der Waals surface area (Å²) in [5.74, 6) is 0.532. The number of nitrogens with one attached hydrogen (secondary N) is 1. The van der Waals surface area contributed by atoms with Gasteiger partial charge in [0, 0.05) is 6.20 Å². The van der Waals surface area contributed by atoms with Crippen molar-refractivity contribution < 1.29 is 52.1 Å². The first-order chi connectivity index (χ1) is 11.3. The van der Waals surface area contributed by atoms with Crippen molar-refractivity contribution in [3.05, 3.63) is 53.7 Å². The minimum Gasteiger partial charge on any atom is -0.746 e. The van der Waals surface area contributed by atoms with Crippen LogP contribution in [-0.2, 0) is 10.1 Å². The van der Waals surface area contributed by atoms with Crippen LogP contribution in [0.5, 0.6) is 5.75 Å². The number of ether oxygens (including phenoxy) is 1. The maximum Gasteiger partial charge on any atom is 1.00 e. The van der Waals surface area contributed by atoms with Gasteiger partial charge in [-0.3, -0.25) is 4.90 Å². The molecule has 10 heteroatoms. The Kier molecular flexibility index (Phi) is 6.36. The van der Waals surface area contributed by atoms with E-state index in [4.69, 9.17) is 16.3 Å². The van der Waals surface area contributed by atoms with E-state index in [1.54, 1.807) is 6.07 Å². The van der Waals surface area contributed by atoms with E-state index in [-0.39, 0.29) is 41.3 Å². The first-order valence-electron chi connectivity index (χ1n) is 6.85. The number of nitrogens with zero attached hydrogens (tertiary/aromatic N) is 1. The predicted molar refractivity (Wildman–Crippen MR) is 87.2 cm³/mol. The molecule has 2 amide bonds. The van der Waals surface area contributed by atoms with Gasteiger partial charge in [-0.15, -0.1) is 0 Å². The van der Waals surface area contributed by atoms with E-state index in [0.717, 1.165) is 21.9 Å². The van der Waals surface area contributed by atoms with Crippen LogP contribution in [0.4, 0.5) is 4.79 Å². The third-order valence-electron chi connectivity index (χ3n) is 3.42. The van der Waals surface area contributed by atoms with E-state index < -0.39 is 21.5 Å². The van der Waals surface area contributed by atoms with Crippen LogP contribution in [0.3, 0.4) is 0 Å². The van der Waals surface area contributed by atoms with Crippen LogP contribution in [0.1, 0.15) is 0 Å². The molecule has 2 aromatic carbocycles. The van der Waals surface area contributed by atoms with Crippen molar-refractivity contribution >= 4 is 38.5 Å². The number of halogens is 1. The van der Waals surface area contributed by atoms with Crippen LogP contribution >= 0.6 is 11.6 Å². The zero-order chi connectivity index (χ0) is 17.3. The molecule has 0 aromatic heterocycles. The van der Waals surface area contributed by atoms with Gasteiger partial charge in [0.1, 0.15) is 15.9 Å². The number of carbonyl (C=O) groups is 1. The van der Waals surface area contributed by atoms with Gasteiger partial charge < -0.3 is 14.6 Å². The Bertz CT molecular complexity index is 934. The molecule has 1 atom stereocenters. The molecule has 0 saturated carbocycles. The molecular formula is C15H12ClN2NaO5S. The summed E-state index contributed by atoms with van der Waals surface area (Å²) in [6.45, 7) is -0.188. The zero-order valence-electron chi connectivity index (χ0n) is 13.2. The fraction of sp³-hybridized carbons (Fsp3) is 0.133. The fourth-order valence-electron chi connectivity index (χ4n) is 2.25. The first-order valence-corrected chi connectivity index (χ1v) is 8.70. The van der Waals surface area contributed by atoms with Crippen LogP contribution in [0, 0.1) is 0 Å². The summed E-state index contributed by atoms with van der Waals surface area (Å²) >= 11 is 5.76. The summed E-state index contributed by atoms with van der Waals surface area (Å²) in [6.07, 6.45) is 1.07. The van der Waals surface area contributed by atoms with Crippen LogP contribution in [0.15, 0.2) is 53.7 Å². The minimum atomic E-state index is -4.77. The van der Waals surface area contributed by atoms with Gasteiger partial charge in [-0.05, 0) is 22.9 Å². The first kappa shape index (κ1) is 20.0. The van der Waals surface area contributed by atoms with Gasteiger partial charge >= 0.3 is 35.6 Å². The van der Waals surface area contributed by atoms with Gasteiger partial charge in [0.05, 0.1) is 5.03 Å². The van der Waals surface area contributed by atoms with Gasteiger partial charge in [0.2, 0.25) is 0 Å². The normalized spacial score (nSPS) is 17.5. The van der Waals surface area contributed by atoms with Crippen molar-refractivity contribution in [2.45, 2.75) is 5.37 Å². The maximum absolute atomic E-state index is 11.9. The molecule has 1 N–H and O–H groups in total. The van der Waals surface area contributed by atoms with Crippen molar-refractivity contribution in [2.75, 3.05) is 6.73 Å². The molecule has 0 aliphatic carbocycles. The molecule has 0 fully saturated rings. The summed E-state index contributed by atoms with van der Waals surface area (Å²) in [6, 6.07) is 12.4. The molecule has 2 aromatic rings. The number of benzene rings is 2. The molecule has 1 aliphatic heterocycles. The van der Waals surface area contributed by atoms with E-state index >= 15 is 0 Å². The summed E-state index contributed by atoms with van der Waals surface area (Å²) < 4.78 is 38.5. The molecule has 1 aliphatic rings. The van der Waals surface area contributed by atoms with Gasteiger partial charge in [0.15, 0.2) is 12.1 Å². The number of hydrogen-bond acceptors (Lipinski definition) is 5. The summed E-state index contributed by atoms with van der Waals surface area (Å²) in [7, 11) is -4.77. The van der Waals surface area contributed by atoms with Crippen LogP contribution in [0.25, 0.3) is 10.8 Å². The number of fused-ring (bicyclic) bond motifs is 1. The zero-order valence-corrected chi connectivity index (χ0v) is 16.8. The van der Waals surface area contributed by atoms with Crippen LogP contribution in [-0.4, -0.2) is 36.0 Å². The SMILES string of the molecule is O=C1NC(S(=O)(=O)[O-])C(Cl)=CN1COc1ccc2ccccc2c1.[Na+]. The van der Waals surface area contributed by atoms with Crippen molar-refractivity contribution in [1.82, 2.24) is 10.2 Å². The van der Waals surface area contributed by atoms with Crippen molar-refractivity contribution in [2.24, 2.45) is 0 Å². The summed E-state index contributed by atoms with van der Waals surface area (Å²) in [4.78, 5) is 12.9. The molecule has 3 rings (SSSR count). The smallest absolute Gasteiger partial charge is 0.746 e. The van der Waals surface area contributed by atoms with E-state index in [9.17, 15) is 17.8 Å². The molecule has 0 radical (unpaired) electrons. The fourth-order valence-corrected chi connectivity index (χ4v) is 3.33. The standard InChI is InChI=1S/C15H13ClN2O5S.Na/c16-13-8-18(15(19)17-14(13)24(20,21)22)9-23-12-6-5-10-3-1-2-4-11(10)7-12;/h1-8,14H,9H2,(H,17,19)(H,20,21,22);/q;+1/p-1. The second kappa shape index (κ2) is 7.94. The Morgan fingerprint density at radius 2 is 1.88 bits per heavy atom. The van der Waals surface area contributed by atoms with E-state index in [2.05, 4.69) is 0 Å². The number of carbonyl (C=O) groups excluding carboxylic acids is 1. The van der Waals surface area contributed by atoms with Crippen molar-refractivity contribution in [1.29, 1.82) is 0 Å². The molecule has 7 nitrogen and oxygen atoms in total. The van der Waals surface area contributed by atoms with Gasteiger partial charge in [-0.1, -0.05) is 41.9 Å². The monoisotopic (exact) mass is 390 g/mol. The van der Waals surface area contributed by atoms with E-state index in [1.807, 2.05) is 41.7 Å². The predicted octanol–water partition coefficient (Wildman–Crippen LogP) is -0.843. The van der Waals surface area contributed by atoms with Crippen LogP contribution < -0.4 is 39.6 Å². The molecule has 1 unspecified atom stereocenters. The van der Waals surface area contributed by atoms with Crippen molar-refractivity contribution in [3.63, 3.8) is 0 Å². The molecule has 0 saturated heterocycles. The Morgan fingerprint density at radius 3 is 2.56 bits per heavy atom. The third kappa shape index (κ3) is 4.66. The Labute approximate surface area is 171 Å². The molecule has 0 spiro atoms. The van der Waals surface area contributed by atoms with Crippen LogP contribution in [0.2, 0.25) is 0 Å². The largest absolute Gasteiger partial charge is 1.00 e. The average molecular weight is 391 g/mol. The maximum atomic E-state index is 11.9. The van der Waals surface area contributed by atoms with Gasteiger partial charge in [-0.25, -0.2) is 13.2 Å². The molecule has 0 bridgehead atoms. The third-order valence-corrected chi connectivity index (χ3v) is 4.82. The van der Waals surface area contributed by atoms with E-state index in [0.29, 0.717) is 5.75 Å². The number of amides is 2. The van der Waals surface area contributed by atoms with Crippen molar-refractivity contribution in [3.8, 4) is 5.75 Å². The molecule has 25 heavy (non-hydrogen) atoms. The topological polar surface area (TPSA) is 98.8 Å². The van der Waals surface area contributed by atoms with Gasteiger partial charge in [0.25, 0.3) is 0 Å².